The van der Waals surface area contributed by atoms with Gasteiger partial charge in [0.15, 0.2) is 5.79 Å². The van der Waals surface area contributed by atoms with E-state index in [4.69, 9.17) is 14.6 Å². The van der Waals surface area contributed by atoms with Crippen LogP contribution in [0.3, 0.4) is 0 Å². The van der Waals surface area contributed by atoms with E-state index in [1.54, 1.807) is 0 Å². The van der Waals surface area contributed by atoms with Gasteiger partial charge in [-0.2, -0.15) is 0 Å². The molecule has 0 aliphatic carbocycles. The quantitative estimate of drug-likeness (QED) is 0.576. The number of aliphatic hydroxyl groups is 3. The minimum absolute atomic E-state index is 0.0174. The molecular weight excluding hydrogens is 200 g/mol. The number of hydrogen-bond acceptors (Lipinski definition) is 5. The van der Waals surface area contributed by atoms with Gasteiger partial charge in [0.25, 0.3) is 0 Å². The lowest BCUT2D eigenvalue weighted by Crippen LogP contribution is -2.57. The van der Waals surface area contributed by atoms with Crippen LogP contribution in [0.15, 0.2) is 0 Å². The summed E-state index contributed by atoms with van der Waals surface area (Å²) in [6, 6.07) is 0. The first kappa shape index (κ1) is 11.3. The van der Waals surface area contributed by atoms with Crippen LogP contribution >= 0.6 is 0 Å². The Bertz CT molecular complexity index is 214. The van der Waals surface area contributed by atoms with Crippen molar-refractivity contribution in [3.8, 4) is 0 Å². The van der Waals surface area contributed by atoms with E-state index in [-0.39, 0.29) is 12.7 Å². The standard InChI is InChI=1S/C10H18O5/c11-4-2-7-6-8(12)9(13)10(15-7)3-1-5-14-10/h7-9,11-13H,1-6H2/t7-,8+,9-,10-/m1/s1. The zero-order chi connectivity index (χ0) is 10.9. The van der Waals surface area contributed by atoms with Crippen molar-refractivity contribution in [2.45, 2.75) is 49.8 Å². The summed E-state index contributed by atoms with van der Waals surface area (Å²) >= 11 is 0. The van der Waals surface area contributed by atoms with E-state index in [0.717, 1.165) is 6.42 Å². The molecule has 0 bridgehead atoms. The molecule has 5 nitrogen and oxygen atoms in total. The van der Waals surface area contributed by atoms with Gasteiger partial charge in [-0.1, -0.05) is 0 Å². The van der Waals surface area contributed by atoms with E-state index in [0.29, 0.717) is 25.9 Å². The lowest BCUT2D eigenvalue weighted by atomic mass is 9.92. The van der Waals surface area contributed by atoms with Gasteiger partial charge in [-0.15, -0.1) is 0 Å². The van der Waals surface area contributed by atoms with Gasteiger partial charge in [-0.3, -0.25) is 0 Å². The van der Waals surface area contributed by atoms with E-state index >= 15 is 0 Å². The molecule has 2 saturated heterocycles. The molecule has 0 aromatic carbocycles. The minimum Gasteiger partial charge on any atom is -0.396 e. The third kappa shape index (κ3) is 2.03. The van der Waals surface area contributed by atoms with Crippen molar-refractivity contribution in [1.29, 1.82) is 0 Å². The summed E-state index contributed by atoms with van der Waals surface area (Å²) in [6.45, 7) is 0.569. The fourth-order valence-corrected chi connectivity index (χ4v) is 2.37. The molecule has 1 spiro atoms. The monoisotopic (exact) mass is 218 g/mol. The smallest absolute Gasteiger partial charge is 0.197 e. The zero-order valence-corrected chi connectivity index (χ0v) is 8.63. The molecule has 2 fully saturated rings. The second kappa shape index (κ2) is 4.35. The average molecular weight is 218 g/mol. The molecule has 2 rings (SSSR count). The molecule has 2 aliphatic rings. The maximum Gasteiger partial charge on any atom is 0.197 e. The van der Waals surface area contributed by atoms with E-state index < -0.39 is 18.0 Å². The molecule has 5 heteroatoms. The highest BCUT2D eigenvalue weighted by Crippen LogP contribution is 2.38. The van der Waals surface area contributed by atoms with Crippen molar-refractivity contribution in [3.63, 3.8) is 0 Å². The number of ether oxygens (including phenoxy) is 2. The Morgan fingerprint density at radius 3 is 2.73 bits per heavy atom. The van der Waals surface area contributed by atoms with Crippen LogP contribution in [-0.4, -0.2) is 52.6 Å². The first-order valence-electron chi connectivity index (χ1n) is 5.47. The molecule has 4 atom stereocenters. The van der Waals surface area contributed by atoms with E-state index in [1.165, 1.54) is 0 Å². The summed E-state index contributed by atoms with van der Waals surface area (Å²) in [4.78, 5) is 0. The fraction of sp³-hybridized carbons (Fsp3) is 1.00. The Hall–Kier alpha value is -0.200. The largest absolute Gasteiger partial charge is 0.396 e. The first-order valence-corrected chi connectivity index (χ1v) is 5.47. The van der Waals surface area contributed by atoms with Crippen molar-refractivity contribution in [3.05, 3.63) is 0 Å². The van der Waals surface area contributed by atoms with Gasteiger partial charge in [0.2, 0.25) is 0 Å². The third-order valence-electron chi connectivity index (χ3n) is 3.15. The second-order valence-electron chi connectivity index (χ2n) is 4.26. The molecule has 0 saturated carbocycles. The van der Waals surface area contributed by atoms with Gasteiger partial charge in [-0.05, 0) is 12.8 Å². The van der Waals surface area contributed by atoms with E-state index in [9.17, 15) is 10.2 Å². The van der Waals surface area contributed by atoms with Crippen molar-refractivity contribution in [1.82, 2.24) is 0 Å². The van der Waals surface area contributed by atoms with Crippen molar-refractivity contribution < 1.29 is 24.8 Å². The topological polar surface area (TPSA) is 79.2 Å². The van der Waals surface area contributed by atoms with Gasteiger partial charge >= 0.3 is 0 Å². The van der Waals surface area contributed by atoms with Crippen LogP contribution in [0.2, 0.25) is 0 Å². The SMILES string of the molecule is OCC[C@@H]1C[C@H](O)[C@@H](O)[C@@]2(CCCO2)O1. The molecule has 0 radical (unpaired) electrons. The fourth-order valence-electron chi connectivity index (χ4n) is 2.37. The maximum absolute atomic E-state index is 9.85. The lowest BCUT2D eigenvalue weighted by Gasteiger charge is -2.43. The highest BCUT2D eigenvalue weighted by molar-refractivity contribution is 4.94. The van der Waals surface area contributed by atoms with Gasteiger partial charge < -0.3 is 24.8 Å². The molecule has 2 heterocycles. The predicted molar refractivity (Wildman–Crippen MR) is 51.1 cm³/mol. The van der Waals surface area contributed by atoms with Crippen LogP contribution in [0.1, 0.15) is 25.7 Å². The Morgan fingerprint density at radius 1 is 1.33 bits per heavy atom. The van der Waals surface area contributed by atoms with Crippen molar-refractivity contribution in [2.24, 2.45) is 0 Å². The molecule has 15 heavy (non-hydrogen) atoms. The van der Waals surface area contributed by atoms with Crippen LogP contribution in [0, 0.1) is 0 Å². The summed E-state index contributed by atoms with van der Waals surface area (Å²) in [5.41, 5.74) is 0. The van der Waals surface area contributed by atoms with Crippen LogP contribution in [0.4, 0.5) is 0 Å². The Balaban J connectivity index is 2.07. The molecule has 0 amide bonds. The number of rotatable bonds is 2. The average Bonchev–Trinajstić information content (AvgIpc) is 2.64. The molecular formula is C10H18O5. The Kier molecular flexibility index (Phi) is 3.27. The summed E-state index contributed by atoms with van der Waals surface area (Å²) in [5, 5.41) is 28.4. The Morgan fingerprint density at radius 2 is 2.13 bits per heavy atom. The van der Waals surface area contributed by atoms with Crippen LogP contribution in [-0.2, 0) is 9.47 Å². The molecule has 0 aromatic heterocycles. The maximum atomic E-state index is 9.85. The van der Waals surface area contributed by atoms with Gasteiger partial charge in [0, 0.05) is 19.4 Å². The summed E-state index contributed by atoms with van der Waals surface area (Å²) in [6.07, 6.45) is 0.222. The lowest BCUT2D eigenvalue weighted by molar-refractivity contribution is -0.324. The normalized spacial score (nSPS) is 46.2. The zero-order valence-electron chi connectivity index (χ0n) is 8.63. The van der Waals surface area contributed by atoms with Gasteiger partial charge in [0.1, 0.15) is 6.10 Å². The number of hydrogen-bond donors (Lipinski definition) is 3. The molecule has 88 valence electrons. The van der Waals surface area contributed by atoms with Gasteiger partial charge in [-0.25, -0.2) is 0 Å². The van der Waals surface area contributed by atoms with Crippen molar-refractivity contribution >= 4 is 0 Å². The first-order chi connectivity index (χ1) is 7.18. The number of aliphatic hydroxyl groups excluding tert-OH is 3. The Labute approximate surface area is 88.6 Å². The van der Waals surface area contributed by atoms with E-state index in [1.807, 2.05) is 0 Å². The minimum atomic E-state index is -1.03. The van der Waals surface area contributed by atoms with E-state index in [2.05, 4.69) is 0 Å². The summed E-state index contributed by atoms with van der Waals surface area (Å²) in [5.74, 6) is -1.03. The summed E-state index contributed by atoms with van der Waals surface area (Å²) in [7, 11) is 0. The third-order valence-corrected chi connectivity index (χ3v) is 3.15. The highest BCUT2D eigenvalue weighted by atomic mass is 16.7. The van der Waals surface area contributed by atoms with Crippen LogP contribution < -0.4 is 0 Å². The molecule has 0 aromatic rings. The molecule has 3 N–H and O–H groups in total. The van der Waals surface area contributed by atoms with Crippen LogP contribution in [0.5, 0.6) is 0 Å². The highest BCUT2D eigenvalue weighted by Gasteiger charge is 2.51. The second-order valence-corrected chi connectivity index (χ2v) is 4.26. The van der Waals surface area contributed by atoms with Gasteiger partial charge in [0.05, 0.1) is 18.8 Å². The van der Waals surface area contributed by atoms with Crippen molar-refractivity contribution in [2.75, 3.05) is 13.2 Å². The summed E-state index contributed by atoms with van der Waals surface area (Å²) < 4.78 is 11.1. The molecule has 0 unspecified atom stereocenters. The molecule has 2 aliphatic heterocycles. The predicted octanol–water partition coefficient (Wildman–Crippen LogP) is -0.614. The van der Waals surface area contributed by atoms with Crippen LogP contribution in [0.25, 0.3) is 0 Å².